The summed E-state index contributed by atoms with van der Waals surface area (Å²) in [7, 11) is 1.51. The van der Waals surface area contributed by atoms with E-state index in [9.17, 15) is 4.79 Å². The minimum Gasteiger partial charge on any atom is -0.372 e. The molecule has 1 rings (SSSR count). The van der Waals surface area contributed by atoms with E-state index in [-0.39, 0.29) is 5.91 Å². The van der Waals surface area contributed by atoms with E-state index < -0.39 is 6.10 Å². The van der Waals surface area contributed by atoms with Crippen LogP contribution in [0.2, 0.25) is 0 Å². The van der Waals surface area contributed by atoms with Gasteiger partial charge in [0, 0.05) is 18.2 Å². The lowest BCUT2D eigenvalue weighted by Crippen LogP contribution is -2.33. The summed E-state index contributed by atoms with van der Waals surface area (Å²) in [4.78, 5) is 16.2. The Kier molecular flexibility index (Phi) is 3.85. The molecule has 1 N–H and O–H groups in total. The Morgan fingerprint density at radius 2 is 2.62 bits per heavy atom. The number of nitrogens with one attached hydrogen (secondary N) is 1. The van der Waals surface area contributed by atoms with Gasteiger partial charge in [0.2, 0.25) is 5.91 Å². The number of hydrogen-bond donors (Lipinski definition) is 1. The van der Waals surface area contributed by atoms with Crippen LogP contribution in [0.3, 0.4) is 0 Å². The number of amides is 1. The lowest BCUT2D eigenvalue weighted by molar-refractivity contribution is -0.130. The molecular formula is C8H12N2O2S. The van der Waals surface area contributed by atoms with Crippen molar-refractivity contribution in [2.24, 2.45) is 0 Å². The van der Waals surface area contributed by atoms with Crippen LogP contribution in [0.15, 0.2) is 11.7 Å². The second-order valence-corrected chi connectivity index (χ2v) is 3.53. The van der Waals surface area contributed by atoms with Crippen molar-refractivity contribution in [1.82, 2.24) is 10.3 Å². The standard InChI is InChI=1S/C8H12N2O2S/c1-6(12-2)8(11)10-4-7-3-9-5-13-7/h3,5-6H,4H2,1-2H3,(H,10,11). The van der Waals surface area contributed by atoms with Crippen LogP contribution < -0.4 is 5.32 Å². The molecule has 0 aromatic carbocycles. The van der Waals surface area contributed by atoms with E-state index in [4.69, 9.17) is 4.74 Å². The van der Waals surface area contributed by atoms with Crippen LogP contribution in [0.25, 0.3) is 0 Å². The molecule has 0 aliphatic carbocycles. The Balaban J connectivity index is 2.31. The highest BCUT2D eigenvalue weighted by molar-refractivity contribution is 7.09. The summed E-state index contributed by atoms with van der Waals surface area (Å²) in [6, 6.07) is 0. The molecule has 13 heavy (non-hydrogen) atoms. The van der Waals surface area contributed by atoms with Crippen LogP contribution in [-0.2, 0) is 16.1 Å². The molecule has 0 bridgehead atoms. The number of hydrogen-bond acceptors (Lipinski definition) is 4. The molecular weight excluding hydrogens is 188 g/mol. The Hall–Kier alpha value is -0.940. The number of nitrogens with zero attached hydrogens (tertiary/aromatic N) is 1. The van der Waals surface area contributed by atoms with Gasteiger partial charge >= 0.3 is 0 Å². The van der Waals surface area contributed by atoms with Crippen molar-refractivity contribution in [1.29, 1.82) is 0 Å². The summed E-state index contributed by atoms with van der Waals surface area (Å²) < 4.78 is 4.86. The van der Waals surface area contributed by atoms with Gasteiger partial charge in [-0.05, 0) is 6.92 Å². The molecule has 0 aliphatic heterocycles. The van der Waals surface area contributed by atoms with Crippen LogP contribution in [0, 0.1) is 0 Å². The van der Waals surface area contributed by atoms with E-state index in [2.05, 4.69) is 10.3 Å². The summed E-state index contributed by atoms with van der Waals surface area (Å²) in [6.45, 7) is 2.24. The number of carbonyl (C=O) groups excluding carboxylic acids is 1. The van der Waals surface area contributed by atoms with Crippen molar-refractivity contribution in [3.8, 4) is 0 Å². The molecule has 1 aromatic rings. The minimum absolute atomic E-state index is 0.101. The number of methoxy groups -OCH3 is 1. The van der Waals surface area contributed by atoms with E-state index in [0.717, 1.165) is 4.88 Å². The Morgan fingerprint density at radius 1 is 1.85 bits per heavy atom. The summed E-state index contributed by atoms with van der Waals surface area (Å²) in [5.74, 6) is -0.101. The molecule has 0 radical (unpaired) electrons. The summed E-state index contributed by atoms with van der Waals surface area (Å²) in [5.41, 5.74) is 1.74. The van der Waals surface area contributed by atoms with Gasteiger partial charge in [-0.2, -0.15) is 0 Å². The largest absolute Gasteiger partial charge is 0.372 e. The van der Waals surface area contributed by atoms with Gasteiger partial charge in [-0.25, -0.2) is 0 Å². The summed E-state index contributed by atoms with van der Waals surface area (Å²) in [6.07, 6.45) is 1.34. The molecule has 0 fully saturated rings. The summed E-state index contributed by atoms with van der Waals surface area (Å²) >= 11 is 1.52. The molecule has 0 saturated heterocycles. The van der Waals surface area contributed by atoms with Crippen LogP contribution in [0.5, 0.6) is 0 Å². The van der Waals surface area contributed by atoms with Gasteiger partial charge in [0.15, 0.2) is 0 Å². The molecule has 4 nitrogen and oxygen atoms in total. The predicted molar refractivity (Wildman–Crippen MR) is 50.4 cm³/mol. The van der Waals surface area contributed by atoms with Gasteiger partial charge in [-0.1, -0.05) is 0 Å². The molecule has 0 aliphatic rings. The molecule has 1 atom stereocenters. The zero-order valence-corrected chi connectivity index (χ0v) is 8.43. The smallest absolute Gasteiger partial charge is 0.249 e. The topological polar surface area (TPSA) is 51.2 Å². The molecule has 1 aromatic heterocycles. The number of aromatic nitrogens is 1. The molecule has 1 amide bonds. The zero-order chi connectivity index (χ0) is 9.68. The maximum Gasteiger partial charge on any atom is 0.249 e. The maximum atomic E-state index is 11.2. The Labute approximate surface area is 80.9 Å². The van der Waals surface area contributed by atoms with Gasteiger partial charge in [0.05, 0.1) is 12.1 Å². The first-order valence-electron chi connectivity index (χ1n) is 3.92. The van der Waals surface area contributed by atoms with E-state index >= 15 is 0 Å². The highest BCUT2D eigenvalue weighted by Crippen LogP contribution is 2.04. The van der Waals surface area contributed by atoms with Crippen molar-refractivity contribution in [3.63, 3.8) is 0 Å². The van der Waals surface area contributed by atoms with Gasteiger partial charge in [0.1, 0.15) is 6.10 Å². The monoisotopic (exact) mass is 200 g/mol. The van der Waals surface area contributed by atoms with Gasteiger partial charge in [-0.3, -0.25) is 9.78 Å². The molecule has 5 heteroatoms. The van der Waals surface area contributed by atoms with Crippen molar-refractivity contribution in [2.75, 3.05) is 7.11 Å². The third kappa shape index (κ3) is 3.12. The second kappa shape index (κ2) is 4.94. The molecule has 72 valence electrons. The van der Waals surface area contributed by atoms with Crippen LogP contribution in [0.4, 0.5) is 0 Å². The Morgan fingerprint density at radius 3 is 3.15 bits per heavy atom. The van der Waals surface area contributed by atoms with Crippen molar-refractivity contribution in [3.05, 3.63) is 16.6 Å². The first kappa shape index (κ1) is 10.1. The highest BCUT2D eigenvalue weighted by Gasteiger charge is 2.10. The fourth-order valence-electron chi connectivity index (χ4n) is 0.754. The average Bonchev–Trinajstić information content (AvgIpc) is 2.65. The van der Waals surface area contributed by atoms with E-state index in [1.807, 2.05) is 0 Å². The molecule has 1 unspecified atom stereocenters. The van der Waals surface area contributed by atoms with Gasteiger partial charge in [0.25, 0.3) is 0 Å². The zero-order valence-electron chi connectivity index (χ0n) is 7.61. The Bertz CT molecular complexity index is 261. The molecule has 0 spiro atoms. The normalized spacial score (nSPS) is 12.5. The first-order chi connectivity index (χ1) is 6.24. The highest BCUT2D eigenvalue weighted by atomic mass is 32.1. The lowest BCUT2D eigenvalue weighted by atomic mass is 10.4. The first-order valence-corrected chi connectivity index (χ1v) is 4.80. The van der Waals surface area contributed by atoms with Crippen molar-refractivity contribution >= 4 is 17.2 Å². The SMILES string of the molecule is COC(C)C(=O)NCc1cncs1. The fraction of sp³-hybridized carbons (Fsp3) is 0.500. The minimum atomic E-state index is -0.395. The quantitative estimate of drug-likeness (QED) is 0.782. The predicted octanol–water partition coefficient (Wildman–Crippen LogP) is 0.794. The van der Waals surface area contributed by atoms with E-state index in [0.29, 0.717) is 6.54 Å². The van der Waals surface area contributed by atoms with Gasteiger partial charge < -0.3 is 10.1 Å². The number of thiazole rings is 1. The number of ether oxygens (including phenoxy) is 1. The fourth-order valence-corrected chi connectivity index (χ4v) is 1.29. The maximum absolute atomic E-state index is 11.2. The van der Waals surface area contributed by atoms with Crippen LogP contribution in [0.1, 0.15) is 11.8 Å². The summed E-state index contributed by atoms with van der Waals surface area (Å²) in [5, 5.41) is 2.74. The number of rotatable bonds is 4. The average molecular weight is 200 g/mol. The third-order valence-corrected chi connectivity index (χ3v) is 2.42. The lowest BCUT2D eigenvalue weighted by Gasteiger charge is -2.08. The van der Waals surface area contributed by atoms with Crippen molar-refractivity contribution in [2.45, 2.75) is 19.6 Å². The van der Waals surface area contributed by atoms with E-state index in [1.54, 1.807) is 18.6 Å². The number of carbonyl (C=O) groups is 1. The molecule has 1 heterocycles. The van der Waals surface area contributed by atoms with Crippen LogP contribution >= 0.6 is 11.3 Å². The van der Waals surface area contributed by atoms with Crippen molar-refractivity contribution < 1.29 is 9.53 Å². The molecule has 0 saturated carbocycles. The van der Waals surface area contributed by atoms with E-state index in [1.165, 1.54) is 18.4 Å². The third-order valence-electron chi connectivity index (χ3n) is 1.64. The van der Waals surface area contributed by atoms with Gasteiger partial charge in [-0.15, -0.1) is 11.3 Å². The second-order valence-electron chi connectivity index (χ2n) is 2.56. The van der Waals surface area contributed by atoms with Crippen LogP contribution in [-0.4, -0.2) is 24.1 Å².